The minimum atomic E-state index is -0.236. The summed E-state index contributed by atoms with van der Waals surface area (Å²) in [6.07, 6.45) is 3.00. The molecule has 0 spiro atoms. The third-order valence-corrected chi connectivity index (χ3v) is 3.94. The average molecular weight is 210 g/mol. The lowest BCUT2D eigenvalue weighted by Crippen LogP contribution is -2.32. The molecule has 0 N–H and O–H groups in total. The Balaban J connectivity index is 2.76. The summed E-state index contributed by atoms with van der Waals surface area (Å²) in [6.45, 7) is 8.01. The van der Waals surface area contributed by atoms with E-state index in [-0.39, 0.29) is 11.2 Å². The van der Waals surface area contributed by atoms with E-state index < -0.39 is 0 Å². The molecule has 1 aliphatic rings. The summed E-state index contributed by atoms with van der Waals surface area (Å²) >= 11 is 0. The molecule has 0 heterocycles. The molecule has 0 aromatic heterocycles. The van der Waals surface area contributed by atoms with Gasteiger partial charge in [-0.2, -0.15) is 0 Å². The summed E-state index contributed by atoms with van der Waals surface area (Å²) in [5.74, 6) is 1.55. The van der Waals surface area contributed by atoms with Crippen molar-refractivity contribution in [2.45, 2.75) is 53.4 Å². The number of hydrogen-bond acceptors (Lipinski definition) is 2. The van der Waals surface area contributed by atoms with Crippen LogP contribution >= 0.6 is 0 Å². The Hall–Kier alpha value is -0.660. The molecule has 0 unspecified atom stereocenters. The van der Waals surface area contributed by atoms with Crippen LogP contribution in [0.5, 0.6) is 0 Å². The monoisotopic (exact) mass is 210 g/mol. The lowest BCUT2D eigenvalue weighted by Gasteiger charge is -2.32. The molecule has 2 heteroatoms. The Morgan fingerprint density at radius 3 is 2.60 bits per heavy atom. The van der Waals surface area contributed by atoms with Gasteiger partial charge in [-0.3, -0.25) is 4.79 Å². The van der Waals surface area contributed by atoms with Crippen LogP contribution in [0.25, 0.3) is 0 Å². The van der Waals surface area contributed by atoms with E-state index in [2.05, 4.69) is 20.8 Å². The van der Waals surface area contributed by atoms with Gasteiger partial charge in [0.05, 0.1) is 0 Å². The fraction of sp³-hybridized carbons (Fsp3) is 0.846. The third-order valence-electron chi connectivity index (χ3n) is 3.94. The van der Waals surface area contributed by atoms with Crippen molar-refractivity contribution in [3.8, 4) is 0 Å². The zero-order chi connectivity index (χ0) is 11.6. The quantitative estimate of drug-likeness (QED) is 0.714. The number of carbonyl (C=O) groups is 2. The molecule has 1 aliphatic carbocycles. The Morgan fingerprint density at radius 1 is 1.53 bits per heavy atom. The van der Waals surface area contributed by atoms with Gasteiger partial charge in [0.15, 0.2) is 0 Å². The van der Waals surface area contributed by atoms with Gasteiger partial charge in [-0.15, -0.1) is 0 Å². The number of carbonyl (C=O) groups excluding carboxylic acids is 2. The molecule has 1 fully saturated rings. The van der Waals surface area contributed by atoms with Gasteiger partial charge in [0.1, 0.15) is 11.6 Å². The molecule has 86 valence electrons. The first-order valence-corrected chi connectivity index (χ1v) is 5.90. The molecule has 0 aliphatic heterocycles. The van der Waals surface area contributed by atoms with Crippen LogP contribution < -0.4 is 0 Å². The zero-order valence-corrected chi connectivity index (χ0v) is 10.3. The first kappa shape index (κ1) is 12.4. The van der Waals surface area contributed by atoms with Crippen LogP contribution in [0.3, 0.4) is 0 Å². The predicted molar refractivity (Wildman–Crippen MR) is 60.6 cm³/mol. The molecule has 1 rings (SSSR count). The van der Waals surface area contributed by atoms with Gasteiger partial charge in [-0.1, -0.05) is 20.8 Å². The summed E-state index contributed by atoms with van der Waals surface area (Å²) in [5.41, 5.74) is -0.236. The maximum absolute atomic E-state index is 11.9. The van der Waals surface area contributed by atoms with Gasteiger partial charge in [0.2, 0.25) is 0 Å². The predicted octanol–water partition coefficient (Wildman–Crippen LogP) is 3.00. The molecular formula is C13H22O2. The minimum Gasteiger partial charge on any atom is -0.300 e. The van der Waals surface area contributed by atoms with Crippen molar-refractivity contribution in [2.75, 3.05) is 0 Å². The summed E-state index contributed by atoms with van der Waals surface area (Å²) in [6, 6.07) is 0. The van der Waals surface area contributed by atoms with Crippen LogP contribution in [0.4, 0.5) is 0 Å². The van der Waals surface area contributed by atoms with E-state index >= 15 is 0 Å². The number of ketones is 2. The maximum Gasteiger partial charge on any atom is 0.139 e. The van der Waals surface area contributed by atoms with E-state index in [1.165, 1.54) is 0 Å². The second kappa shape index (κ2) is 4.46. The van der Waals surface area contributed by atoms with Gasteiger partial charge in [0.25, 0.3) is 0 Å². The van der Waals surface area contributed by atoms with Crippen molar-refractivity contribution in [3.63, 3.8) is 0 Å². The van der Waals surface area contributed by atoms with Crippen molar-refractivity contribution in [3.05, 3.63) is 0 Å². The topological polar surface area (TPSA) is 34.1 Å². The van der Waals surface area contributed by atoms with E-state index in [0.29, 0.717) is 30.5 Å². The second-order valence-corrected chi connectivity index (χ2v) is 5.43. The standard InChI is InChI=1S/C13H22O2/c1-9(2)11-5-6-12(15)13(11,4)8-7-10(3)14/h9,11H,5-8H2,1-4H3/t11-,13-/m1/s1. The Bertz CT molecular complexity index is 268. The van der Waals surface area contributed by atoms with E-state index in [0.717, 1.165) is 12.8 Å². The molecule has 0 bridgehead atoms. The van der Waals surface area contributed by atoms with Gasteiger partial charge in [-0.25, -0.2) is 0 Å². The summed E-state index contributed by atoms with van der Waals surface area (Å²) in [4.78, 5) is 22.9. The molecule has 15 heavy (non-hydrogen) atoms. The second-order valence-electron chi connectivity index (χ2n) is 5.43. The highest BCUT2D eigenvalue weighted by Crippen LogP contribution is 2.47. The van der Waals surface area contributed by atoms with Crippen LogP contribution in [0.2, 0.25) is 0 Å². The molecule has 0 aromatic rings. The molecule has 1 saturated carbocycles. The highest BCUT2D eigenvalue weighted by molar-refractivity contribution is 5.87. The van der Waals surface area contributed by atoms with Crippen molar-refractivity contribution in [1.29, 1.82) is 0 Å². The van der Waals surface area contributed by atoms with Crippen molar-refractivity contribution in [1.82, 2.24) is 0 Å². The van der Waals surface area contributed by atoms with E-state index in [4.69, 9.17) is 0 Å². The largest absolute Gasteiger partial charge is 0.300 e. The summed E-state index contributed by atoms with van der Waals surface area (Å²) in [5, 5.41) is 0. The van der Waals surface area contributed by atoms with E-state index in [1.807, 2.05) is 0 Å². The zero-order valence-electron chi connectivity index (χ0n) is 10.3. The fourth-order valence-corrected chi connectivity index (χ4v) is 2.93. The smallest absolute Gasteiger partial charge is 0.139 e. The van der Waals surface area contributed by atoms with Gasteiger partial charge >= 0.3 is 0 Å². The van der Waals surface area contributed by atoms with Gasteiger partial charge in [-0.05, 0) is 31.6 Å². The molecule has 0 amide bonds. The highest BCUT2D eigenvalue weighted by Gasteiger charge is 2.46. The molecule has 2 atom stereocenters. The Kier molecular flexibility index (Phi) is 3.69. The van der Waals surface area contributed by atoms with Crippen LogP contribution in [0.15, 0.2) is 0 Å². The molecule has 2 nitrogen and oxygen atoms in total. The minimum absolute atomic E-state index is 0.193. The fourth-order valence-electron chi connectivity index (χ4n) is 2.93. The Morgan fingerprint density at radius 2 is 2.13 bits per heavy atom. The van der Waals surface area contributed by atoms with Crippen LogP contribution in [-0.2, 0) is 9.59 Å². The SMILES string of the molecule is CC(=O)CC[C@@]1(C)C(=O)CC[C@@H]1C(C)C. The van der Waals surface area contributed by atoms with Crippen LogP contribution in [0, 0.1) is 17.3 Å². The normalized spacial score (nSPS) is 31.3. The maximum atomic E-state index is 11.9. The highest BCUT2D eigenvalue weighted by atomic mass is 16.1. The van der Waals surface area contributed by atoms with E-state index in [1.54, 1.807) is 6.92 Å². The molecule has 0 saturated heterocycles. The molecular weight excluding hydrogens is 188 g/mol. The lowest BCUT2D eigenvalue weighted by molar-refractivity contribution is -0.128. The summed E-state index contributed by atoms with van der Waals surface area (Å²) in [7, 11) is 0. The molecule has 0 aromatic carbocycles. The lowest BCUT2D eigenvalue weighted by atomic mass is 9.70. The average Bonchev–Trinajstić information content (AvgIpc) is 2.41. The van der Waals surface area contributed by atoms with Crippen molar-refractivity contribution in [2.24, 2.45) is 17.3 Å². The number of rotatable bonds is 4. The first-order chi connectivity index (χ1) is 6.88. The van der Waals surface area contributed by atoms with Crippen LogP contribution in [-0.4, -0.2) is 11.6 Å². The first-order valence-electron chi connectivity index (χ1n) is 5.90. The third kappa shape index (κ3) is 2.47. The van der Waals surface area contributed by atoms with Crippen molar-refractivity contribution >= 4 is 11.6 Å². The van der Waals surface area contributed by atoms with Gasteiger partial charge < -0.3 is 4.79 Å². The van der Waals surface area contributed by atoms with Crippen LogP contribution in [0.1, 0.15) is 53.4 Å². The van der Waals surface area contributed by atoms with E-state index in [9.17, 15) is 9.59 Å². The number of Topliss-reactive ketones (excluding diaryl/α,β-unsaturated/α-hetero) is 2. The van der Waals surface area contributed by atoms with Gasteiger partial charge in [0, 0.05) is 18.3 Å². The Labute approximate surface area is 92.4 Å². The summed E-state index contributed by atoms with van der Waals surface area (Å²) < 4.78 is 0. The number of hydrogen-bond donors (Lipinski definition) is 0. The molecule has 0 radical (unpaired) electrons. The van der Waals surface area contributed by atoms with Crippen molar-refractivity contribution < 1.29 is 9.59 Å².